The van der Waals surface area contributed by atoms with Gasteiger partial charge in [-0.05, 0) is 61.9 Å². The first-order valence-corrected chi connectivity index (χ1v) is 14.6. The molecule has 200 valence electrons. The van der Waals surface area contributed by atoms with E-state index in [1.807, 2.05) is 24.3 Å². The number of hydrogen-bond acceptors (Lipinski definition) is 7. The number of amides is 1. The molecule has 0 spiro atoms. The number of rotatable bonds is 8. The van der Waals surface area contributed by atoms with Crippen LogP contribution in [0.5, 0.6) is 5.75 Å². The second-order valence-electron chi connectivity index (χ2n) is 9.96. The molecule has 4 heterocycles. The zero-order valence-corrected chi connectivity index (χ0v) is 22.0. The van der Waals surface area contributed by atoms with Gasteiger partial charge in [-0.1, -0.05) is 18.2 Å². The first-order valence-electron chi connectivity index (χ1n) is 13.0. The summed E-state index contributed by atoms with van der Waals surface area (Å²) in [6.07, 6.45) is 4.99. The number of carbonyl (C=O) groups is 1. The minimum absolute atomic E-state index is 0.0132. The van der Waals surface area contributed by atoms with Gasteiger partial charge in [0.2, 0.25) is 10.0 Å². The van der Waals surface area contributed by atoms with Crippen molar-refractivity contribution in [2.24, 2.45) is 0 Å². The van der Waals surface area contributed by atoms with Gasteiger partial charge in [0, 0.05) is 26.5 Å². The van der Waals surface area contributed by atoms with Crippen molar-refractivity contribution in [3.05, 3.63) is 59.9 Å². The third-order valence-electron chi connectivity index (χ3n) is 7.41. The van der Waals surface area contributed by atoms with Crippen molar-refractivity contribution in [3.63, 3.8) is 0 Å². The minimum Gasteiger partial charge on any atom is -0.486 e. The van der Waals surface area contributed by atoms with Crippen molar-refractivity contribution < 1.29 is 27.4 Å². The van der Waals surface area contributed by atoms with Crippen LogP contribution in [0.4, 0.5) is 0 Å². The molecule has 3 aliphatic heterocycles. The lowest BCUT2D eigenvalue weighted by molar-refractivity contribution is -0.145. The van der Waals surface area contributed by atoms with Gasteiger partial charge in [0.05, 0.1) is 30.6 Å². The predicted octanol–water partition coefficient (Wildman–Crippen LogP) is 2.92. The van der Waals surface area contributed by atoms with E-state index in [0.717, 1.165) is 37.8 Å². The third-order valence-corrected chi connectivity index (χ3v) is 9.26. The Balaban J connectivity index is 1.25. The molecule has 0 N–H and O–H groups in total. The van der Waals surface area contributed by atoms with Gasteiger partial charge in [0.1, 0.15) is 24.1 Å². The molecule has 0 saturated carbocycles. The first-order chi connectivity index (χ1) is 17.9. The molecule has 2 aromatic rings. The maximum absolute atomic E-state index is 13.4. The lowest BCUT2D eigenvalue weighted by atomic mass is 10.1. The molecule has 5 rings (SSSR count). The summed E-state index contributed by atoms with van der Waals surface area (Å²) in [4.78, 5) is 19.1. The van der Waals surface area contributed by atoms with E-state index < -0.39 is 10.0 Å². The molecule has 9 nitrogen and oxygen atoms in total. The molecule has 10 heteroatoms. The lowest BCUT2D eigenvalue weighted by Gasteiger charge is -2.26. The van der Waals surface area contributed by atoms with Gasteiger partial charge in [0.25, 0.3) is 5.91 Å². The van der Waals surface area contributed by atoms with Crippen LogP contribution in [-0.2, 0) is 30.0 Å². The summed E-state index contributed by atoms with van der Waals surface area (Å²) in [5.41, 5.74) is 1.44. The SMILES string of the molecule is CO[C@@H]1CN(C(=O)C2CCCCO2)C[C@H]1Oc1cccc(CS(=O)(=O)N2CCCC2c2ccccn2)c1. The van der Waals surface area contributed by atoms with Gasteiger partial charge in [-0.3, -0.25) is 9.78 Å². The van der Waals surface area contributed by atoms with Crippen LogP contribution in [-0.4, -0.2) is 80.2 Å². The summed E-state index contributed by atoms with van der Waals surface area (Å²) in [6.45, 7) is 1.95. The van der Waals surface area contributed by atoms with Crippen molar-refractivity contribution in [2.75, 3.05) is 33.4 Å². The van der Waals surface area contributed by atoms with E-state index in [9.17, 15) is 13.2 Å². The van der Waals surface area contributed by atoms with Crippen LogP contribution in [0.25, 0.3) is 0 Å². The molecule has 3 aliphatic rings. The number of methoxy groups -OCH3 is 1. The fourth-order valence-corrected chi connectivity index (χ4v) is 7.30. The molecule has 1 amide bonds. The van der Waals surface area contributed by atoms with Gasteiger partial charge in [-0.25, -0.2) is 8.42 Å². The Kier molecular flexibility index (Phi) is 8.09. The van der Waals surface area contributed by atoms with Gasteiger partial charge in [-0.2, -0.15) is 4.31 Å². The fraction of sp³-hybridized carbons (Fsp3) is 0.556. The summed E-state index contributed by atoms with van der Waals surface area (Å²) in [5, 5.41) is 0. The van der Waals surface area contributed by atoms with Crippen LogP contribution in [0, 0.1) is 0 Å². The van der Waals surface area contributed by atoms with Gasteiger partial charge < -0.3 is 19.1 Å². The van der Waals surface area contributed by atoms with Crippen molar-refractivity contribution in [3.8, 4) is 5.75 Å². The summed E-state index contributed by atoms with van der Waals surface area (Å²) in [6, 6.07) is 12.6. The zero-order chi connectivity index (χ0) is 25.8. The summed E-state index contributed by atoms with van der Waals surface area (Å²) >= 11 is 0. The highest BCUT2D eigenvalue weighted by molar-refractivity contribution is 7.88. The molecular formula is C27H35N3O6S. The summed E-state index contributed by atoms with van der Waals surface area (Å²) < 4.78 is 45.9. The smallest absolute Gasteiger partial charge is 0.251 e. The summed E-state index contributed by atoms with van der Waals surface area (Å²) in [5.74, 6) is 0.432. The van der Waals surface area contributed by atoms with Crippen LogP contribution in [0.15, 0.2) is 48.7 Å². The number of pyridine rings is 1. The molecule has 1 aromatic heterocycles. The first kappa shape index (κ1) is 26.1. The predicted molar refractivity (Wildman–Crippen MR) is 137 cm³/mol. The molecule has 0 radical (unpaired) electrons. The zero-order valence-electron chi connectivity index (χ0n) is 21.2. The largest absolute Gasteiger partial charge is 0.486 e. The number of benzene rings is 1. The Labute approximate surface area is 218 Å². The highest BCUT2D eigenvalue weighted by Crippen LogP contribution is 2.34. The van der Waals surface area contributed by atoms with E-state index >= 15 is 0 Å². The lowest BCUT2D eigenvalue weighted by Crippen LogP contribution is -2.41. The van der Waals surface area contributed by atoms with Crippen molar-refractivity contribution in [1.29, 1.82) is 0 Å². The van der Waals surface area contributed by atoms with Gasteiger partial charge >= 0.3 is 0 Å². The highest BCUT2D eigenvalue weighted by Gasteiger charge is 2.40. The third kappa shape index (κ3) is 5.98. The molecular weight excluding hydrogens is 494 g/mol. The Bertz CT molecular complexity index is 1170. The quantitative estimate of drug-likeness (QED) is 0.519. The normalized spacial score (nSPS) is 26.9. The number of nitrogens with zero attached hydrogens (tertiary/aromatic N) is 3. The van der Waals surface area contributed by atoms with E-state index in [1.165, 1.54) is 0 Å². The Morgan fingerprint density at radius 2 is 1.95 bits per heavy atom. The van der Waals surface area contributed by atoms with E-state index in [-0.39, 0.29) is 36.0 Å². The fourth-order valence-electron chi connectivity index (χ4n) is 5.52. The molecule has 4 atom stereocenters. The Hall–Kier alpha value is -2.53. The second-order valence-corrected chi connectivity index (χ2v) is 11.9. The molecule has 2 unspecified atom stereocenters. The number of likely N-dealkylation sites (tertiary alicyclic amines) is 1. The minimum atomic E-state index is -3.56. The summed E-state index contributed by atoms with van der Waals surface area (Å²) in [7, 11) is -1.94. The van der Waals surface area contributed by atoms with Crippen LogP contribution >= 0.6 is 0 Å². The van der Waals surface area contributed by atoms with E-state index in [1.54, 1.807) is 40.7 Å². The van der Waals surface area contributed by atoms with Gasteiger partial charge in [0.15, 0.2) is 0 Å². The van der Waals surface area contributed by atoms with E-state index in [0.29, 0.717) is 37.6 Å². The van der Waals surface area contributed by atoms with E-state index in [2.05, 4.69) is 4.98 Å². The number of ether oxygens (including phenoxy) is 3. The van der Waals surface area contributed by atoms with E-state index in [4.69, 9.17) is 14.2 Å². The molecule has 0 bridgehead atoms. The average Bonchev–Trinajstić information content (AvgIpc) is 3.57. The monoisotopic (exact) mass is 529 g/mol. The Morgan fingerprint density at radius 3 is 2.70 bits per heavy atom. The van der Waals surface area contributed by atoms with Crippen LogP contribution < -0.4 is 4.74 Å². The molecule has 3 fully saturated rings. The highest BCUT2D eigenvalue weighted by atomic mass is 32.2. The molecule has 1 aromatic carbocycles. The standard InChI is InChI=1S/C27H35N3O6S/c1-34-25-17-29(27(31)24-12-3-5-15-35-24)18-26(25)36-21-9-6-8-20(16-21)19-37(32,33)30-14-7-11-23(30)22-10-2-4-13-28-22/h2,4,6,8-10,13,16,23-26H,3,5,7,11-12,14-15,17-19H2,1H3/t23?,24?,25-,26-/m1/s1. The van der Waals surface area contributed by atoms with Gasteiger partial charge in [-0.15, -0.1) is 0 Å². The van der Waals surface area contributed by atoms with Crippen molar-refractivity contribution in [1.82, 2.24) is 14.2 Å². The maximum atomic E-state index is 13.4. The number of sulfonamides is 1. The number of aromatic nitrogens is 1. The second kappa shape index (κ2) is 11.5. The average molecular weight is 530 g/mol. The van der Waals surface area contributed by atoms with Crippen LogP contribution in [0.1, 0.15) is 49.4 Å². The van der Waals surface area contributed by atoms with Crippen molar-refractivity contribution in [2.45, 2.75) is 62.2 Å². The molecule has 0 aliphatic carbocycles. The number of hydrogen-bond donors (Lipinski definition) is 0. The number of carbonyl (C=O) groups excluding carboxylic acids is 1. The van der Waals surface area contributed by atoms with Crippen molar-refractivity contribution >= 4 is 15.9 Å². The van der Waals surface area contributed by atoms with Crippen LogP contribution in [0.3, 0.4) is 0 Å². The molecule has 3 saturated heterocycles. The Morgan fingerprint density at radius 1 is 1.08 bits per heavy atom. The maximum Gasteiger partial charge on any atom is 0.251 e. The molecule has 37 heavy (non-hydrogen) atoms. The topological polar surface area (TPSA) is 98.3 Å². The van der Waals surface area contributed by atoms with Crippen LogP contribution in [0.2, 0.25) is 0 Å².